The second kappa shape index (κ2) is 7.69. The minimum absolute atomic E-state index is 0.0951. The van der Waals surface area contributed by atoms with Crippen molar-refractivity contribution >= 4 is 18.1 Å². The van der Waals surface area contributed by atoms with Crippen molar-refractivity contribution in [1.29, 1.82) is 0 Å². The third kappa shape index (κ3) is 4.17. The highest BCUT2D eigenvalue weighted by Crippen LogP contribution is 2.17. The second-order valence-corrected chi connectivity index (χ2v) is 4.84. The van der Waals surface area contributed by atoms with Gasteiger partial charge in [0.2, 0.25) is 5.76 Å². The summed E-state index contributed by atoms with van der Waals surface area (Å²) in [5.74, 6) is -0.598. The van der Waals surface area contributed by atoms with Crippen molar-refractivity contribution in [2.75, 3.05) is 0 Å². The number of hydrazone groups is 1. The number of carbonyl (C=O) groups excluding carboxylic acids is 2. The van der Waals surface area contributed by atoms with Gasteiger partial charge in [0.1, 0.15) is 5.75 Å². The van der Waals surface area contributed by atoms with Crippen LogP contribution in [-0.2, 0) is 0 Å². The molecule has 0 bridgehead atoms. The highest BCUT2D eigenvalue weighted by molar-refractivity contribution is 5.95. The van der Waals surface area contributed by atoms with E-state index in [0.717, 1.165) is 0 Å². The predicted octanol–water partition coefficient (Wildman–Crippen LogP) is 2.66. The summed E-state index contributed by atoms with van der Waals surface area (Å²) in [6.45, 7) is 0. The highest BCUT2D eigenvalue weighted by Gasteiger charge is 2.13. The number of nitrogens with zero attached hydrogens (tertiary/aromatic N) is 2. The van der Waals surface area contributed by atoms with Gasteiger partial charge in [0.05, 0.1) is 12.5 Å². The molecule has 2 heterocycles. The third-order valence-electron chi connectivity index (χ3n) is 3.16. The van der Waals surface area contributed by atoms with Crippen LogP contribution in [0.1, 0.15) is 26.5 Å². The van der Waals surface area contributed by atoms with Gasteiger partial charge in [-0.3, -0.25) is 9.78 Å². The summed E-state index contributed by atoms with van der Waals surface area (Å²) in [6, 6.07) is 13.0. The van der Waals surface area contributed by atoms with E-state index in [4.69, 9.17) is 9.15 Å². The molecule has 0 saturated heterocycles. The third-order valence-corrected chi connectivity index (χ3v) is 3.16. The van der Waals surface area contributed by atoms with Gasteiger partial charge in [-0.25, -0.2) is 10.2 Å². The lowest BCUT2D eigenvalue weighted by molar-refractivity contribution is 0.0701. The SMILES string of the molecule is O=C(N/N=C/c1ccccc1OC(=O)c1ccco1)c1ccncc1. The summed E-state index contributed by atoms with van der Waals surface area (Å²) in [4.78, 5) is 27.7. The van der Waals surface area contributed by atoms with Crippen LogP contribution in [0.5, 0.6) is 5.75 Å². The summed E-state index contributed by atoms with van der Waals surface area (Å²) < 4.78 is 10.3. The lowest BCUT2D eigenvalue weighted by Gasteiger charge is -2.05. The summed E-state index contributed by atoms with van der Waals surface area (Å²) in [5, 5.41) is 3.89. The first kappa shape index (κ1) is 16.1. The number of carbonyl (C=O) groups is 2. The molecule has 3 rings (SSSR count). The van der Waals surface area contributed by atoms with Crippen LogP contribution >= 0.6 is 0 Å². The van der Waals surface area contributed by atoms with Crippen LogP contribution in [0, 0.1) is 0 Å². The molecule has 1 aromatic carbocycles. The van der Waals surface area contributed by atoms with Crippen LogP contribution in [0.25, 0.3) is 0 Å². The minimum Gasteiger partial charge on any atom is -0.457 e. The zero-order valence-corrected chi connectivity index (χ0v) is 13.0. The van der Waals surface area contributed by atoms with E-state index in [1.165, 1.54) is 30.9 Å². The molecule has 25 heavy (non-hydrogen) atoms. The number of ether oxygens (including phenoxy) is 1. The number of hydrogen-bond donors (Lipinski definition) is 1. The van der Waals surface area contributed by atoms with Crippen LogP contribution in [0.2, 0.25) is 0 Å². The number of hydrogen-bond acceptors (Lipinski definition) is 6. The lowest BCUT2D eigenvalue weighted by Crippen LogP contribution is -2.17. The molecule has 7 heteroatoms. The van der Waals surface area contributed by atoms with Crippen molar-refractivity contribution in [2.45, 2.75) is 0 Å². The molecule has 0 aliphatic carbocycles. The molecule has 0 unspecified atom stereocenters. The van der Waals surface area contributed by atoms with E-state index in [1.54, 1.807) is 42.5 Å². The molecule has 0 radical (unpaired) electrons. The van der Waals surface area contributed by atoms with Gasteiger partial charge in [-0.15, -0.1) is 0 Å². The van der Waals surface area contributed by atoms with Gasteiger partial charge in [-0.1, -0.05) is 12.1 Å². The fourth-order valence-corrected chi connectivity index (χ4v) is 1.95. The predicted molar refractivity (Wildman–Crippen MR) is 89.4 cm³/mol. The van der Waals surface area contributed by atoms with E-state index < -0.39 is 5.97 Å². The maximum absolute atomic E-state index is 12.0. The highest BCUT2D eigenvalue weighted by atomic mass is 16.5. The van der Waals surface area contributed by atoms with Crippen LogP contribution < -0.4 is 10.2 Å². The maximum atomic E-state index is 12.0. The molecule has 0 aliphatic rings. The van der Waals surface area contributed by atoms with Gasteiger partial charge >= 0.3 is 5.97 Å². The Morgan fingerprint density at radius 1 is 1.08 bits per heavy atom. The van der Waals surface area contributed by atoms with Crippen LogP contribution in [0.4, 0.5) is 0 Å². The van der Waals surface area contributed by atoms with Crippen molar-refractivity contribution in [1.82, 2.24) is 10.4 Å². The summed E-state index contributed by atoms with van der Waals surface area (Å²) in [7, 11) is 0. The number of esters is 1. The molecule has 7 nitrogen and oxygen atoms in total. The van der Waals surface area contributed by atoms with E-state index in [0.29, 0.717) is 16.9 Å². The smallest absolute Gasteiger partial charge is 0.379 e. The maximum Gasteiger partial charge on any atom is 0.379 e. The van der Waals surface area contributed by atoms with Crippen molar-refractivity contribution in [3.8, 4) is 5.75 Å². The molecule has 0 fully saturated rings. The number of benzene rings is 1. The Hall–Kier alpha value is -3.74. The summed E-state index contributed by atoms with van der Waals surface area (Å²) in [5.41, 5.74) is 3.36. The van der Waals surface area contributed by atoms with Crippen LogP contribution in [-0.4, -0.2) is 23.1 Å². The Bertz CT molecular complexity index is 890. The zero-order valence-electron chi connectivity index (χ0n) is 13.0. The van der Waals surface area contributed by atoms with Gasteiger partial charge in [0.15, 0.2) is 0 Å². The Labute approximate surface area is 143 Å². The fourth-order valence-electron chi connectivity index (χ4n) is 1.95. The average Bonchev–Trinajstić information content (AvgIpc) is 3.18. The summed E-state index contributed by atoms with van der Waals surface area (Å²) >= 11 is 0. The number of nitrogens with one attached hydrogen (secondary N) is 1. The van der Waals surface area contributed by atoms with Crippen LogP contribution in [0.15, 0.2) is 76.7 Å². The molecule has 3 aromatic rings. The zero-order chi connectivity index (χ0) is 17.5. The molecular formula is C18H13N3O4. The quantitative estimate of drug-likeness (QED) is 0.335. The average molecular weight is 335 g/mol. The molecule has 1 amide bonds. The Balaban J connectivity index is 1.68. The first-order valence-electron chi connectivity index (χ1n) is 7.32. The largest absolute Gasteiger partial charge is 0.457 e. The first-order chi connectivity index (χ1) is 12.2. The fraction of sp³-hybridized carbons (Fsp3) is 0. The number of aromatic nitrogens is 1. The molecule has 0 spiro atoms. The van der Waals surface area contributed by atoms with Gasteiger partial charge in [-0.05, 0) is 36.4 Å². The first-order valence-corrected chi connectivity index (χ1v) is 7.32. The minimum atomic E-state index is -0.619. The number of amides is 1. The Kier molecular flexibility index (Phi) is 4.96. The molecule has 0 aliphatic heterocycles. The number of para-hydroxylation sites is 1. The number of rotatable bonds is 5. The Morgan fingerprint density at radius 2 is 1.88 bits per heavy atom. The second-order valence-electron chi connectivity index (χ2n) is 4.84. The van der Waals surface area contributed by atoms with E-state index in [-0.39, 0.29) is 11.7 Å². The standard InChI is InChI=1S/C18H13N3O4/c22-17(13-7-9-19-10-8-13)21-20-12-14-4-1-2-5-15(14)25-18(23)16-6-3-11-24-16/h1-12H,(H,21,22)/b20-12+. The molecular weight excluding hydrogens is 322 g/mol. The van der Waals surface area contributed by atoms with Crippen molar-refractivity contribution < 1.29 is 18.7 Å². The summed E-state index contributed by atoms with van der Waals surface area (Å²) in [6.07, 6.45) is 5.81. The normalized spacial score (nSPS) is 10.6. The van der Waals surface area contributed by atoms with Gasteiger partial charge in [0.25, 0.3) is 5.91 Å². The topological polar surface area (TPSA) is 93.8 Å². The van der Waals surface area contributed by atoms with Gasteiger partial charge in [-0.2, -0.15) is 5.10 Å². The van der Waals surface area contributed by atoms with Gasteiger partial charge in [0, 0.05) is 23.5 Å². The molecule has 0 atom stereocenters. The Morgan fingerprint density at radius 3 is 2.64 bits per heavy atom. The number of pyridine rings is 1. The van der Waals surface area contributed by atoms with Crippen LogP contribution in [0.3, 0.4) is 0 Å². The monoisotopic (exact) mass is 335 g/mol. The molecule has 0 saturated carbocycles. The van der Waals surface area contributed by atoms with E-state index >= 15 is 0 Å². The van der Waals surface area contributed by atoms with Gasteiger partial charge < -0.3 is 9.15 Å². The molecule has 1 N–H and O–H groups in total. The van der Waals surface area contributed by atoms with E-state index in [2.05, 4.69) is 15.5 Å². The molecule has 2 aromatic heterocycles. The van der Waals surface area contributed by atoms with Crippen molar-refractivity contribution in [3.05, 3.63) is 84.1 Å². The van der Waals surface area contributed by atoms with E-state index in [1.807, 2.05) is 0 Å². The lowest BCUT2D eigenvalue weighted by atomic mass is 10.2. The van der Waals surface area contributed by atoms with Crippen molar-refractivity contribution in [2.24, 2.45) is 5.10 Å². The number of furan rings is 1. The van der Waals surface area contributed by atoms with E-state index in [9.17, 15) is 9.59 Å². The molecule has 124 valence electrons. The van der Waals surface area contributed by atoms with Crippen molar-refractivity contribution in [3.63, 3.8) is 0 Å².